The molecule has 9 heteroatoms. The summed E-state index contributed by atoms with van der Waals surface area (Å²) < 4.78 is 6.01. The summed E-state index contributed by atoms with van der Waals surface area (Å²) in [4.78, 5) is 47.3. The maximum atomic E-state index is 11.9. The van der Waals surface area contributed by atoms with Gasteiger partial charge in [-0.25, -0.2) is 9.48 Å². The smallest absolute Gasteiger partial charge is 0.359 e. The predicted molar refractivity (Wildman–Crippen MR) is 90.5 cm³/mol. The number of unbranched alkanes of at least 4 members (excludes halogenated alkanes) is 1. The highest BCUT2D eigenvalue weighted by molar-refractivity contribution is 7.12. The second-order valence-electron chi connectivity index (χ2n) is 5.06. The first kappa shape index (κ1) is 18.5. The van der Waals surface area contributed by atoms with Crippen molar-refractivity contribution >= 4 is 29.1 Å². The van der Waals surface area contributed by atoms with Crippen LogP contribution in [0.1, 0.15) is 39.9 Å². The number of rotatable bonds is 7. The molecule has 0 saturated heterocycles. The second kappa shape index (κ2) is 8.88. The van der Waals surface area contributed by atoms with Crippen LogP contribution in [0.2, 0.25) is 0 Å². The summed E-state index contributed by atoms with van der Waals surface area (Å²) in [5.74, 6) is -2.14. The van der Waals surface area contributed by atoms with Crippen LogP contribution in [-0.4, -0.2) is 34.2 Å². The number of nitrogens with one attached hydrogen (secondary N) is 1. The molecule has 0 aromatic carbocycles. The number of aryl methyl sites for hydroxylation is 1. The number of ether oxygens (including phenoxy) is 1. The van der Waals surface area contributed by atoms with Crippen molar-refractivity contribution in [2.45, 2.75) is 26.3 Å². The number of nitrogens with zero attached hydrogens (tertiary/aromatic N) is 2. The van der Waals surface area contributed by atoms with Gasteiger partial charge in [-0.2, -0.15) is 5.10 Å². The van der Waals surface area contributed by atoms with E-state index in [1.165, 1.54) is 28.2 Å². The number of esters is 1. The van der Waals surface area contributed by atoms with E-state index < -0.39 is 24.4 Å². The normalized spacial score (nSPS) is 10.3. The first-order valence-electron chi connectivity index (χ1n) is 7.64. The average molecular weight is 363 g/mol. The van der Waals surface area contributed by atoms with E-state index in [0.717, 1.165) is 12.8 Å². The highest BCUT2D eigenvalue weighted by atomic mass is 32.1. The molecule has 0 bridgehead atoms. The van der Waals surface area contributed by atoms with Crippen molar-refractivity contribution in [2.24, 2.45) is 0 Å². The van der Waals surface area contributed by atoms with Gasteiger partial charge in [-0.05, 0) is 23.9 Å². The molecule has 0 spiro atoms. The van der Waals surface area contributed by atoms with E-state index in [4.69, 9.17) is 4.74 Å². The molecular weight excluding hydrogens is 346 g/mol. The molecule has 2 aromatic heterocycles. The van der Waals surface area contributed by atoms with E-state index in [0.29, 0.717) is 11.4 Å². The lowest BCUT2D eigenvalue weighted by molar-refractivity contribution is -0.123. The van der Waals surface area contributed by atoms with Gasteiger partial charge >= 0.3 is 5.97 Å². The van der Waals surface area contributed by atoms with Crippen molar-refractivity contribution in [3.05, 3.63) is 50.6 Å². The Morgan fingerprint density at radius 1 is 1.28 bits per heavy atom. The molecule has 0 radical (unpaired) electrons. The first-order chi connectivity index (χ1) is 12.0. The Balaban J connectivity index is 1.90. The number of hydrogen-bond donors (Lipinski definition) is 1. The van der Waals surface area contributed by atoms with Crippen LogP contribution < -0.4 is 10.9 Å². The molecule has 1 N–H and O–H groups in total. The van der Waals surface area contributed by atoms with Gasteiger partial charge in [-0.1, -0.05) is 19.4 Å². The molecule has 2 amide bonds. The molecule has 0 fully saturated rings. The van der Waals surface area contributed by atoms with Crippen molar-refractivity contribution in [1.29, 1.82) is 0 Å². The monoisotopic (exact) mass is 363 g/mol. The van der Waals surface area contributed by atoms with Gasteiger partial charge in [-0.3, -0.25) is 19.7 Å². The van der Waals surface area contributed by atoms with Gasteiger partial charge in [0.2, 0.25) is 0 Å². The van der Waals surface area contributed by atoms with Gasteiger partial charge in [0.1, 0.15) is 0 Å². The number of carbonyl (C=O) groups is 3. The van der Waals surface area contributed by atoms with Crippen molar-refractivity contribution in [3.63, 3.8) is 0 Å². The van der Waals surface area contributed by atoms with Crippen LogP contribution in [0.25, 0.3) is 0 Å². The van der Waals surface area contributed by atoms with Crippen LogP contribution in [0, 0.1) is 0 Å². The van der Waals surface area contributed by atoms with Crippen molar-refractivity contribution in [2.75, 3.05) is 6.61 Å². The molecule has 0 aliphatic carbocycles. The van der Waals surface area contributed by atoms with Crippen molar-refractivity contribution in [1.82, 2.24) is 15.1 Å². The van der Waals surface area contributed by atoms with Crippen LogP contribution in [0.5, 0.6) is 0 Å². The molecule has 0 saturated carbocycles. The summed E-state index contributed by atoms with van der Waals surface area (Å²) in [7, 11) is 0. The SMILES string of the molecule is CCCCn1nc(C(=O)OCC(=O)NC(=O)c2cccs2)ccc1=O. The fourth-order valence-electron chi connectivity index (χ4n) is 1.86. The number of imide groups is 1. The van der Waals surface area contributed by atoms with Crippen LogP contribution in [0.3, 0.4) is 0 Å². The lowest BCUT2D eigenvalue weighted by atomic mass is 10.3. The van der Waals surface area contributed by atoms with Gasteiger partial charge < -0.3 is 4.74 Å². The lowest BCUT2D eigenvalue weighted by Crippen LogP contribution is -2.34. The predicted octanol–water partition coefficient (Wildman–Crippen LogP) is 1.22. The minimum atomic E-state index is -0.844. The highest BCUT2D eigenvalue weighted by Gasteiger charge is 2.16. The van der Waals surface area contributed by atoms with Gasteiger partial charge in [0.15, 0.2) is 12.3 Å². The zero-order chi connectivity index (χ0) is 18.2. The van der Waals surface area contributed by atoms with E-state index in [-0.39, 0.29) is 11.3 Å². The quantitative estimate of drug-likeness (QED) is 0.741. The number of thiophene rings is 1. The summed E-state index contributed by atoms with van der Waals surface area (Å²) in [6.45, 7) is 1.75. The van der Waals surface area contributed by atoms with Gasteiger partial charge in [0.25, 0.3) is 17.4 Å². The van der Waals surface area contributed by atoms with Crippen molar-refractivity contribution < 1.29 is 19.1 Å². The van der Waals surface area contributed by atoms with E-state index in [1.54, 1.807) is 17.5 Å². The van der Waals surface area contributed by atoms with Crippen LogP contribution in [-0.2, 0) is 16.1 Å². The van der Waals surface area contributed by atoms with E-state index >= 15 is 0 Å². The minimum absolute atomic E-state index is 0.0758. The standard InChI is InChI=1S/C16H17N3O5S/c1-2-3-8-19-14(21)7-6-11(18-19)16(23)24-10-13(20)17-15(22)12-5-4-9-25-12/h4-7,9H,2-3,8,10H2,1H3,(H,17,20,22). The maximum absolute atomic E-state index is 11.9. The third-order valence-electron chi connectivity index (χ3n) is 3.13. The number of aromatic nitrogens is 2. The summed E-state index contributed by atoms with van der Waals surface area (Å²) in [5.41, 5.74) is -0.391. The molecule has 2 aromatic rings. The van der Waals surface area contributed by atoms with E-state index in [1.807, 2.05) is 6.92 Å². The number of amides is 2. The Kier molecular flexibility index (Phi) is 6.58. The molecule has 132 valence electrons. The first-order valence-corrected chi connectivity index (χ1v) is 8.52. The number of carbonyl (C=O) groups excluding carboxylic acids is 3. The molecule has 2 heterocycles. The third kappa shape index (κ3) is 5.35. The lowest BCUT2D eigenvalue weighted by Gasteiger charge is -2.07. The fourth-order valence-corrected chi connectivity index (χ4v) is 2.48. The molecule has 8 nitrogen and oxygen atoms in total. The fraction of sp³-hybridized carbons (Fsp3) is 0.312. The van der Waals surface area contributed by atoms with Crippen molar-refractivity contribution in [3.8, 4) is 0 Å². The molecule has 2 rings (SSSR count). The molecule has 0 unspecified atom stereocenters. The van der Waals surface area contributed by atoms with Gasteiger partial charge in [0.05, 0.1) is 4.88 Å². The Bertz CT molecular complexity index is 813. The Morgan fingerprint density at radius 3 is 2.76 bits per heavy atom. The van der Waals surface area contributed by atoms with Crippen LogP contribution in [0.15, 0.2) is 34.4 Å². The van der Waals surface area contributed by atoms with Crippen LogP contribution in [0.4, 0.5) is 0 Å². The third-order valence-corrected chi connectivity index (χ3v) is 4.00. The Hall–Kier alpha value is -2.81. The number of hydrogen-bond acceptors (Lipinski definition) is 7. The Labute approximate surface area is 147 Å². The summed E-state index contributed by atoms with van der Waals surface area (Å²) in [6.07, 6.45) is 1.62. The van der Waals surface area contributed by atoms with E-state index in [2.05, 4.69) is 10.4 Å². The molecule has 25 heavy (non-hydrogen) atoms. The van der Waals surface area contributed by atoms with Gasteiger partial charge in [0, 0.05) is 12.6 Å². The van der Waals surface area contributed by atoms with E-state index in [9.17, 15) is 19.2 Å². The summed E-state index contributed by atoms with van der Waals surface area (Å²) in [6, 6.07) is 5.72. The Morgan fingerprint density at radius 2 is 2.08 bits per heavy atom. The average Bonchev–Trinajstić information content (AvgIpc) is 3.13. The second-order valence-corrected chi connectivity index (χ2v) is 6.01. The highest BCUT2D eigenvalue weighted by Crippen LogP contribution is 2.07. The molecule has 0 atom stereocenters. The minimum Gasteiger partial charge on any atom is -0.451 e. The topological polar surface area (TPSA) is 107 Å². The molecule has 0 aliphatic rings. The zero-order valence-electron chi connectivity index (χ0n) is 13.6. The zero-order valence-corrected chi connectivity index (χ0v) is 14.4. The summed E-state index contributed by atoms with van der Waals surface area (Å²) in [5, 5.41) is 7.75. The van der Waals surface area contributed by atoms with Gasteiger partial charge in [-0.15, -0.1) is 11.3 Å². The molecule has 0 aliphatic heterocycles. The largest absolute Gasteiger partial charge is 0.451 e. The maximum Gasteiger partial charge on any atom is 0.359 e. The summed E-state index contributed by atoms with van der Waals surface area (Å²) >= 11 is 1.19. The van der Waals surface area contributed by atoms with Crippen LogP contribution >= 0.6 is 11.3 Å². The molecular formula is C16H17N3O5S.